The fraction of sp³-hybridized carbons (Fsp3) is 0.500. The van der Waals surface area contributed by atoms with Gasteiger partial charge in [0.05, 0.1) is 0 Å². The summed E-state index contributed by atoms with van der Waals surface area (Å²) in [5.41, 5.74) is 7.21. The highest BCUT2D eigenvalue weighted by atomic mass is 35.5. The third-order valence-electron chi connectivity index (χ3n) is 2.55. The van der Waals surface area contributed by atoms with Gasteiger partial charge < -0.3 is 15.4 Å². The smallest absolute Gasteiger partial charge is 0.194 e. The zero-order chi connectivity index (χ0) is 12.5. The molecule has 0 radical (unpaired) electrons. The van der Waals surface area contributed by atoms with Crippen molar-refractivity contribution < 1.29 is 9.66 Å². The number of halogens is 1. The van der Waals surface area contributed by atoms with Gasteiger partial charge in [-0.3, -0.25) is 0 Å². The topological polar surface area (TPSA) is 69.3 Å². The molecular formula is C12H20ClNO2S. The molecule has 0 aliphatic rings. The van der Waals surface area contributed by atoms with Gasteiger partial charge in [0, 0.05) is 18.2 Å². The second-order valence-electron chi connectivity index (χ2n) is 4.89. The Bertz CT molecular complexity index is 389. The summed E-state index contributed by atoms with van der Waals surface area (Å²) in [7, 11) is 0. The van der Waals surface area contributed by atoms with Crippen LogP contribution in [-0.2, 0) is 23.1 Å². The first kappa shape index (κ1) is 16.6. The first-order valence-corrected chi connectivity index (χ1v) is 6.73. The van der Waals surface area contributed by atoms with Gasteiger partial charge in [0.15, 0.2) is 10.6 Å². The van der Waals surface area contributed by atoms with Gasteiger partial charge in [-0.15, -0.1) is 12.4 Å². The van der Waals surface area contributed by atoms with Crippen LogP contribution in [0, 0.1) is 0 Å². The second-order valence-corrected chi connectivity index (χ2v) is 6.24. The van der Waals surface area contributed by atoms with Crippen LogP contribution in [0.15, 0.2) is 17.0 Å². The molecular weight excluding hydrogens is 258 g/mol. The third kappa shape index (κ3) is 3.78. The lowest BCUT2D eigenvalue weighted by Crippen LogP contribution is -2.14. The van der Waals surface area contributed by atoms with Gasteiger partial charge in [-0.1, -0.05) is 20.8 Å². The molecule has 0 heterocycles. The van der Waals surface area contributed by atoms with E-state index in [0.717, 1.165) is 5.56 Å². The lowest BCUT2D eigenvalue weighted by Gasteiger charge is -2.21. The van der Waals surface area contributed by atoms with Crippen molar-refractivity contribution in [2.75, 3.05) is 6.26 Å². The van der Waals surface area contributed by atoms with Crippen molar-refractivity contribution in [1.29, 1.82) is 0 Å². The van der Waals surface area contributed by atoms with E-state index in [-0.39, 0.29) is 30.1 Å². The Morgan fingerprint density at radius 3 is 2.24 bits per heavy atom. The van der Waals surface area contributed by atoms with Crippen LogP contribution in [0.3, 0.4) is 0 Å². The number of nitrogens with two attached hydrogens (primary N) is 1. The van der Waals surface area contributed by atoms with Gasteiger partial charge in [-0.2, -0.15) is 0 Å². The largest absolute Gasteiger partial charge is 0.612 e. The van der Waals surface area contributed by atoms with E-state index in [0.29, 0.717) is 10.5 Å². The lowest BCUT2D eigenvalue weighted by atomic mass is 9.86. The van der Waals surface area contributed by atoms with Crippen molar-refractivity contribution in [1.82, 2.24) is 0 Å². The van der Waals surface area contributed by atoms with Crippen molar-refractivity contribution in [3.05, 3.63) is 23.3 Å². The molecule has 0 amide bonds. The molecule has 1 aromatic rings. The molecule has 0 saturated carbocycles. The first-order chi connectivity index (χ1) is 7.27. The number of rotatable bonds is 2. The molecule has 5 heteroatoms. The van der Waals surface area contributed by atoms with Gasteiger partial charge in [-0.25, -0.2) is 0 Å². The van der Waals surface area contributed by atoms with Gasteiger partial charge in [0.1, 0.15) is 6.26 Å². The quantitative estimate of drug-likeness (QED) is 0.815. The van der Waals surface area contributed by atoms with E-state index >= 15 is 0 Å². The molecule has 1 aromatic carbocycles. The van der Waals surface area contributed by atoms with Gasteiger partial charge in [0.2, 0.25) is 0 Å². The summed E-state index contributed by atoms with van der Waals surface area (Å²) in [6, 6.07) is 3.68. The van der Waals surface area contributed by atoms with Crippen LogP contribution in [0.25, 0.3) is 0 Å². The Hall–Kier alpha value is -0.420. The lowest BCUT2D eigenvalue weighted by molar-refractivity contribution is 0.450. The van der Waals surface area contributed by atoms with Crippen molar-refractivity contribution in [3.63, 3.8) is 0 Å². The molecule has 0 aliphatic carbocycles. The van der Waals surface area contributed by atoms with E-state index in [1.807, 2.05) is 6.07 Å². The zero-order valence-corrected chi connectivity index (χ0v) is 12.2. The molecule has 17 heavy (non-hydrogen) atoms. The Balaban J connectivity index is 0.00000256. The minimum absolute atomic E-state index is 0. The number of phenolic OH excluding ortho intramolecular Hbond substituents is 1. The molecule has 0 spiro atoms. The standard InChI is InChI=1S/C12H19NO2S.ClH/c1-12(2,3)9-5-8(7-13)11(14)10(6-9)16(4)15;/h5-6,14H,7,13H2,1-4H3;1H. The average Bonchev–Trinajstić information content (AvgIpc) is 2.15. The van der Waals surface area contributed by atoms with Crippen LogP contribution >= 0.6 is 12.4 Å². The molecule has 0 bridgehead atoms. The predicted octanol–water partition coefficient (Wildman–Crippen LogP) is 2.31. The summed E-state index contributed by atoms with van der Waals surface area (Å²) in [6.45, 7) is 6.46. The first-order valence-electron chi connectivity index (χ1n) is 5.17. The van der Waals surface area contributed by atoms with E-state index in [2.05, 4.69) is 20.8 Å². The van der Waals surface area contributed by atoms with E-state index < -0.39 is 11.2 Å². The van der Waals surface area contributed by atoms with Crippen LogP contribution in [0.5, 0.6) is 5.75 Å². The number of phenols is 1. The van der Waals surface area contributed by atoms with E-state index in [9.17, 15) is 9.66 Å². The van der Waals surface area contributed by atoms with E-state index in [1.165, 1.54) is 0 Å². The maximum Gasteiger partial charge on any atom is 0.194 e. The summed E-state index contributed by atoms with van der Waals surface area (Å²) >= 11 is -1.20. The fourth-order valence-corrected chi connectivity index (χ4v) is 2.17. The molecule has 1 atom stereocenters. The van der Waals surface area contributed by atoms with Crippen LogP contribution < -0.4 is 5.73 Å². The monoisotopic (exact) mass is 277 g/mol. The molecule has 98 valence electrons. The third-order valence-corrected chi connectivity index (χ3v) is 3.48. The minimum Gasteiger partial charge on any atom is -0.612 e. The number of hydrogen-bond donors (Lipinski definition) is 2. The van der Waals surface area contributed by atoms with Crippen LogP contribution in [0.4, 0.5) is 0 Å². The van der Waals surface area contributed by atoms with Crippen LogP contribution in [-0.4, -0.2) is 15.9 Å². The Morgan fingerprint density at radius 1 is 1.35 bits per heavy atom. The summed E-state index contributed by atoms with van der Waals surface area (Å²) in [5.74, 6) is 0.0660. The molecule has 0 saturated heterocycles. The minimum atomic E-state index is -1.20. The van der Waals surface area contributed by atoms with E-state index in [1.54, 1.807) is 12.3 Å². The highest BCUT2D eigenvalue weighted by Crippen LogP contribution is 2.33. The molecule has 0 aromatic heterocycles. The summed E-state index contributed by atoms with van der Waals surface area (Å²) in [5, 5.41) is 9.88. The molecule has 0 aliphatic heterocycles. The highest BCUT2D eigenvalue weighted by Gasteiger charge is 2.22. The molecule has 0 fully saturated rings. The van der Waals surface area contributed by atoms with Crippen LogP contribution in [0.1, 0.15) is 31.9 Å². The van der Waals surface area contributed by atoms with Crippen molar-refractivity contribution in [3.8, 4) is 5.75 Å². The summed E-state index contributed by atoms with van der Waals surface area (Å²) < 4.78 is 11.5. The SMILES string of the molecule is C[S+]([O-])c1cc(C(C)(C)C)cc(CN)c1O.Cl. The normalized spacial score (nSPS) is 13.1. The number of aromatic hydroxyl groups is 1. The second kappa shape index (κ2) is 5.96. The Morgan fingerprint density at radius 2 is 1.88 bits per heavy atom. The highest BCUT2D eigenvalue weighted by molar-refractivity contribution is 7.90. The maximum atomic E-state index is 11.5. The molecule has 1 unspecified atom stereocenters. The Kier molecular flexibility index (Phi) is 5.81. The maximum absolute atomic E-state index is 11.5. The fourth-order valence-electron chi connectivity index (χ4n) is 1.47. The predicted molar refractivity (Wildman–Crippen MR) is 74.3 cm³/mol. The van der Waals surface area contributed by atoms with Crippen molar-refractivity contribution in [2.24, 2.45) is 5.73 Å². The van der Waals surface area contributed by atoms with Gasteiger partial charge in [0.25, 0.3) is 0 Å². The number of hydrogen-bond acceptors (Lipinski definition) is 3. The number of benzene rings is 1. The zero-order valence-electron chi connectivity index (χ0n) is 10.6. The summed E-state index contributed by atoms with van der Waals surface area (Å²) in [6.07, 6.45) is 1.56. The van der Waals surface area contributed by atoms with Crippen molar-refractivity contribution >= 4 is 23.6 Å². The van der Waals surface area contributed by atoms with Crippen molar-refractivity contribution in [2.45, 2.75) is 37.6 Å². The van der Waals surface area contributed by atoms with Gasteiger partial charge >= 0.3 is 0 Å². The molecule has 1 rings (SSSR count). The van der Waals surface area contributed by atoms with E-state index in [4.69, 9.17) is 5.73 Å². The molecule has 3 nitrogen and oxygen atoms in total. The van der Waals surface area contributed by atoms with Gasteiger partial charge in [-0.05, 0) is 28.2 Å². The Labute approximate surface area is 112 Å². The summed E-state index contributed by atoms with van der Waals surface area (Å²) in [4.78, 5) is 0.466. The van der Waals surface area contributed by atoms with Crippen LogP contribution in [0.2, 0.25) is 0 Å². The molecule has 3 N–H and O–H groups in total. The average molecular weight is 278 g/mol.